The van der Waals surface area contributed by atoms with Crippen LogP contribution in [0.25, 0.3) is 21.8 Å². The molecule has 0 amide bonds. The third kappa shape index (κ3) is 7.46. The Kier molecular flexibility index (Phi) is 12.1. The van der Waals surface area contributed by atoms with Gasteiger partial charge in [0.1, 0.15) is 0 Å². The van der Waals surface area contributed by atoms with Crippen molar-refractivity contribution in [2.75, 3.05) is 9.80 Å². The second kappa shape index (κ2) is 15.3. The van der Waals surface area contributed by atoms with Crippen LogP contribution in [0.15, 0.2) is 72.1 Å². The number of allylic oxidation sites excluding steroid dienone is 2. The summed E-state index contributed by atoms with van der Waals surface area (Å²) in [4.78, 5) is 9.69. The zero-order valence-corrected chi connectivity index (χ0v) is 34.5. The second-order valence-electron chi connectivity index (χ2n) is 15.3. The average Bonchev–Trinajstić information content (AvgIpc) is 3.53. The van der Waals surface area contributed by atoms with Gasteiger partial charge < -0.3 is 14.8 Å². The van der Waals surface area contributed by atoms with Crippen molar-refractivity contribution in [2.24, 2.45) is 0 Å². The quantitative estimate of drug-likeness (QED) is 0.126. The molecule has 1 aromatic heterocycles. The number of nitrogens with zero attached hydrogens (tertiary/aromatic N) is 3. The maximum atomic E-state index is 4.80. The van der Waals surface area contributed by atoms with Crippen LogP contribution in [-0.4, -0.2) is 0 Å². The predicted octanol–water partition coefficient (Wildman–Crippen LogP) is 13.1. The minimum Gasteiger partial charge on any atom is -0.656 e. The Bertz CT molecular complexity index is 1800. The summed E-state index contributed by atoms with van der Waals surface area (Å²) in [5.41, 5.74) is 18.5. The molecule has 0 fully saturated rings. The first kappa shape index (κ1) is 38.6. The van der Waals surface area contributed by atoms with Crippen LogP contribution in [0, 0.1) is 34.4 Å². The van der Waals surface area contributed by atoms with Gasteiger partial charge in [-0.1, -0.05) is 138 Å². The molecule has 1 radical (unpaired) electrons. The average molecular weight is 837 g/mol. The van der Waals surface area contributed by atoms with Crippen LogP contribution in [0.3, 0.4) is 0 Å². The fourth-order valence-corrected chi connectivity index (χ4v) is 7.41. The van der Waals surface area contributed by atoms with Crippen molar-refractivity contribution in [2.45, 2.75) is 121 Å². The van der Waals surface area contributed by atoms with Gasteiger partial charge in [0, 0.05) is 45.1 Å². The van der Waals surface area contributed by atoms with Crippen molar-refractivity contribution in [3.05, 3.63) is 123 Å². The molecule has 2 heterocycles. The summed E-state index contributed by atoms with van der Waals surface area (Å²) in [5.74, 6) is 1.88. The van der Waals surface area contributed by atoms with Crippen LogP contribution in [0.5, 0.6) is 0 Å². The second-order valence-corrected chi connectivity index (χ2v) is 15.3. The minimum absolute atomic E-state index is 0. The molecule has 0 unspecified atom stereocenters. The van der Waals surface area contributed by atoms with E-state index in [1.807, 2.05) is 0 Å². The molecule has 1 aliphatic heterocycles. The van der Waals surface area contributed by atoms with Crippen LogP contribution in [0.1, 0.15) is 137 Å². The summed E-state index contributed by atoms with van der Waals surface area (Å²) in [7, 11) is 0. The number of anilines is 2. The number of aromatic nitrogens is 1. The van der Waals surface area contributed by atoms with Crippen LogP contribution in [0.4, 0.5) is 11.4 Å². The number of rotatable bonds is 6. The van der Waals surface area contributed by atoms with Crippen molar-refractivity contribution in [3.8, 4) is 0 Å². The molecule has 4 aromatic carbocycles. The van der Waals surface area contributed by atoms with Crippen molar-refractivity contribution in [3.63, 3.8) is 0 Å². The first-order chi connectivity index (χ1) is 22.6. The molecule has 3 nitrogen and oxygen atoms in total. The Morgan fingerprint density at radius 2 is 0.796 bits per heavy atom. The molecule has 0 saturated carbocycles. The third-order valence-corrected chi connectivity index (χ3v) is 10.0. The van der Waals surface area contributed by atoms with Gasteiger partial charge in [-0.25, -0.2) is 0 Å². The Hall–Kier alpha value is -3.24. The maximum Gasteiger partial charge on any atom is 0.0197 e. The largest absolute Gasteiger partial charge is 0.656 e. The van der Waals surface area contributed by atoms with E-state index in [9.17, 15) is 0 Å². The summed E-state index contributed by atoms with van der Waals surface area (Å²) in [5, 5.41) is 2.59. The topological polar surface area (TPSA) is 20.6 Å². The smallest absolute Gasteiger partial charge is 0.0197 e. The van der Waals surface area contributed by atoms with E-state index in [4.69, 9.17) is 4.98 Å². The molecular weight excluding hydrogens is 779 g/mol. The SMILES string of the molecule is CC1=C(C)N(c2c(C(C)C)cccc2C(C)C)[CH-]N1c1c(C(C)C)cccc1C(C)C.Cc1cc(C)c2[n-]c3c(C)cc(C)cc3c2c1.[Au]. The van der Waals surface area contributed by atoms with Crippen molar-refractivity contribution in [1.29, 1.82) is 0 Å². The number of benzene rings is 4. The van der Waals surface area contributed by atoms with Gasteiger partial charge in [-0.15, -0.1) is 17.7 Å². The van der Waals surface area contributed by atoms with Gasteiger partial charge in [0.05, 0.1) is 0 Å². The molecule has 0 atom stereocenters. The zero-order chi connectivity index (χ0) is 35.2. The van der Waals surface area contributed by atoms with Crippen LogP contribution in [-0.2, 0) is 22.4 Å². The fourth-order valence-electron chi connectivity index (χ4n) is 7.41. The normalized spacial score (nSPS) is 13.4. The van der Waals surface area contributed by atoms with Crippen molar-refractivity contribution >= 4 is 33.2 Å². The van der Waals surface area contributed by atoms with E-state index in [-0.39, 0.29) is 22.4 Å². The molecule has 6 rings (SSSR count). The molecule has 0 N–H and O–H groups in total. The van der Waals surface area contributed by atoms with E-state index in [2.05, 4.69) is 174 Å². The molecule has 49 heavy (non-hydrogen) atoms. The van der Waals surface area contributed by atoms with Gasteiger partial charge in [-0.05, 0) is 98.2 Å². The van der Waals surface area contributed by atoms with E-state index in [1.165, 1.54) is 78.0 Å². The van der Waals surface area contributed by atoms with Gasteiger partial charge in [0.2, 0.25) is 0 Å². The standard InChI is InChI=1S/C29H41N2.C16H16N.Au/c1-18(2)24-13-11-14-25(19(3)4)28(24)30-17-31(23(10)22(30)9)29-26(20(5)6)15-12-16-27(29)21(7)8;1-9-5-11(3)15-13(7-9)14-8-10(2)6-12(4)16(14)17-15;/h11-21H,1-10H3;5-8H,1-4H3;/q2*-1;. The fraction of sp³-hybridized carbons (Fsp3) is 0.400. The van der Waals surface area contributed by atoms with Gasteiger partial charge in [-0.2, -0.15) is 0 Å². The monoisotopic (exact) mass is 836 g/mol. The van der Waals surface area contributed by atoms with E-state index < -0.39 is 0 Å². The van der Waals surface area contributed by atoms with Gasteiger partial charge >= 0.3 is 0 Å². The number of aryl methyl sites for hydroxylation is 4. The minimum atomic E-state index is 0. The Labute approximate surface area is 312 Å². The van der Waals surface area contributed by atoms with Gasteiger partial charge in [-0.3, -0.25) is 0 Å². The first-order valence-corrected chi connectivity index (χ1v) is 17.9. The van der Waals surface area contributed by atoms with E-state index in [0.29, 0.717) is 23.7 Å². The number of hydrogen-bond donors (Lipinski definition) is 0. The summed E-state index contributed by atoms with van der Waals surface area (Å²) >= 11 is 0. The third-order valence-electron chi connectivity index (χ3n) is 10.0. The van der Waals surface area contributed by atoms with E-state index >= 15 is 0 Å². The molecule has 0 spiro atoms. The molecule has 0 saturated heterocycles. The molecule has 1 aliphatic rings. The van der Waals surface area contributed by atoms with Crippen LogP contribution >= 0.6 is 0 Å². The molecule has 5 aromatic rings. The molecule has 0 bridgehead atoms. The molecule has 4 heteroatoms. The summed E-state index contributed by atoms with van der Waals surface area (Å²) in [6, 6.07) is 22.5. The van der Waals surface area contributed by atoms with E-state index in [0.717, 1.165) is 11.0 Å². The van der Waals surface area contributed by atoms with E-state index in [1.54, 1.807) is 0 Å². The predicted molar refractivity (Wildman–Crippen MR) is 211 cm³/mol. The van der Waals surface area contributed by atoms with Crippen molar-refractivity contribution in [1.82, 2.24) is 4.98 Å². The summed E-state index contributed by atoms with van der Waals surface area (Å²) < 4.78 is 0. The Balaban J connectivity index is 0.000000252. The van der Waals surface area contributed by atoms with Gasteiger partial charge in [0.25, 0.3) is 0 Å². The van der Waals surface area contributed by atoms with Crippen LogP contribution < -0.4 is 14.8 Å². The number of hydrogen-bond acceptors (Lipinski definition) is 2. The van der Waals surface area contributed by atoms with Gasteiger partial charge in [0.15, 0.2) is 0 Å². The van der Waals surface area contributed by atoms with Crippen molar-refractivity contribution < 1.29 is 22.4 Å². The van der Waals surface area contributed by atoms with Crippen LogP contribution in [0.2, 0.25) is 0 Å². The maximum absolute atomic E-state index is 4.80. The zero-order valence-electron chi connectivity index (χ0n) is 32.3. The summed E-state index contributed by atoms with van der Waals surface area (Å²) in [6.07, 6.45) is 0. The number of fused-ring (bicyclic) bond motifs is 3. The molecule has 265 valence electrons. The summed E-state index contributed by atoms with van der Waals surface area (Å²) in [6.45, 7) is 33.8. The Morgan fingerprint density at radius 3 is 1.08 bits per heavy atom. The first-order valence-electron chi connectivity index (χ1n) is 17.9. The Morgan fingerprint density at radius 1 is 0.490 bits per heavy atom. The molecular formula is C45H57AuN3-2. The molecule has 0 aliphatic carbocycles. The number of para-hydroxylation sites is 2.